The van der Waals surface area contributed by atoms with E-state index in [4.69, 9.17) is 5.73 Å². The molecule has 5 nitrogen and oxygen atoms in total. The Balaban J connectivity index is 1.35. The molecule has 0 atom stereocenters. The number of piperidine rings is 1. The Labute approximate surface area is 152 Å². The molecular formula is C20H33N5. The van der Waals surface area contributed by atoms with Gasteiger partial charge in [0.2, 0.25) is 0 Å². The molecule has 1 aromatic carbocycles. The molecule has 0 radical (unpaired) electrons. The molecule has 2 fully saturated rings. The third kappa shape index (κ3) is 5.36. The van der Waals surface area contributed by atoms with Crippen LogP contribution in [0.4, 0.5) is 5.69 Å². The zero-order chi connectivity index (χ0) is 17.5. The van der Waals surface area contributed by atoms with Gasteiger partial charge in [0.1, 0.15) is 0 Å². The average Bonchev–Trinajstić information content (AvgIpc) is 2.66. The van der Waals surface area contributed by atoms with Crippen molar-refractivity contribution in [3.8, 4) is 0 Å². The maximum Gasteiger partial charge on any atom is 0.191 e. The Morgan fingerprint density at radius 3 is 2.52 bits per heavy atom. The van der Waals surface area contributed by atoms with Crippen LogP contribution in [0.5, 0.6) is 0 Å². The van der Waals surface area contributed by atoms with Gasteiger partial charge in [0, 0.05) is 58.0 Å². The second-order valence-electron chi connectivity index (χ2n) is 7.31. The van der Waals surface area contributed by atoms with Crippen LogP contribution in [0.1, 0.15) is 31.2 Å². The number of anilines is 1. The number of aryl methyl sites for hydroxylation is 1. The zero-order valence-corrected chi connectivity index (χ0v) is 15.7. The Hall–Kier alpha value is -1.75. The SMILES string of the molecule is Cc1cccc(N2CCN(CCCN=C(N)N3CCCCC3)CC2)c1. The second-order valence-corrected chi connectivity index (χ2v) is 7.31. The molecule has 25 heavy (non-hydrogen) atoms. The molecule has 138 valence electrons. The topological polar surface area (TPSA) is 48.1 Å². The lowest BCUT2D eigenvalue weighted by atomic mass is 10.1. The number of hydrogen-bond acceptors (Lipinski definition) is 3. The minimum absolute atomic E-state index is 0.754. The number of nitrogens with zero attached hydrogens (tertiary/aromatic N) is 4. The standard InChI is InChI=1S/C20H33N5/c1-18-7-5-8-19(17-18)24-15-13-23(14-16-24)10-6-9-22-20(21)25-11-3-2-4-12-25/h5,7-8,17H,2-4,6,9-16H2,1H3,(H2,21,22). The van der Waals surface area contributed by atoms with Crippen LogP contribution in [0.3, 0.4) is 0 Å². The first-order valence-electron chi connectivity index (χ1n) is 9.81. The van der Waals surface area contributed by atoms with E-state index < -0.39 is 0 Å². The minimum atomic E-state index is 0.754. The fraction of sp³-hybridized carbons (Fsp3) is 0.650. The van der Waals surface area contributed by atoms with E-state index >= 15 is 0 Å². The first-order chi connectivity index (χ1) is 12.2. The third-order valence-electron chi connectivity index (χ3n) is 5.33. The van der Waals surface area contributed by atoms with E-state index in [1.165, 1.54) is 30.5 Å². The van der Waals surface area contributed by atoms with Crippen LogP contribution in [0.15, 0.2) is 29.3 Å². The smallest absolute Gasteiger partial charge is 0.191 e. The summed E-state index contributed by atoms with van der Waals surface area (Å²) in [6.07, 6.45) is 4.93. The van der Waals surface area contributed by atoms with E-state index in [1.807, 2.05) is 0 Å². The quantitative estimate of drug-likeness (QED) is 0.506. The molecule has 2 aliphatic heterocycles. The minimum Gasteiger partial charge on any atom is -0.370 e. The van der Waals surface area contributed by atoms with Crippen molar-refractivity contribution >= 4 is 11.6 Å². The molecule has 5 heteroatoms. The molecular weight excluding hydrogens is 310 g/mol. The first-order valence-corrected chi connectivity index (χ1v) is 9.81. The molecule has 2 heterocycles. The molecule has 2 N–H and O–H groups in total. The van der Waals surface area contributed by atoms with E-state index in [2.05, 4.69) is 50.9 Å². The van der Waals surface area contributed by atoms with E-state index in [-0.39, 0.29) is 0 Å². The van der Waals surface area contributed by atoms with Crippen molar-refractivity contribution in [3.05, 3.63) is 29.8 Å². The fourth-order valence-electron chi connectivity index (χ4n) is 3.77. The highest BCUT2D eigenvalue weighted by Crippen LogP contribution is 2.17. The number of rotatable bonds is 5. The van der Waals surface area contributed by atoms with Crippen LogP contribution < -0.4 is 10.6 Å². The lowest BCUT2D eigenvalue weighted by Gasteiger charge is -2.36. The van der Waals surface area contributed by atoms with Crippen molar-refractivity contribution in [1.82, 2.24) is 9.80 Å². The summed E-state index contributed by atoms with van der Waals surface area (Å²) in [5.74, 6) is 0.754. The van der Waals surface area contributed by atoms with Crippen molar-refractivity contribution < 1.29 is 0 Å². The van der Waals surface area contributed by atoms with Gasteiger partial charge in [-0.15, -0.1) is 0 Å². The highest BCUT2D eigenvalue weighted by Gasteiger charge is 2.17. The fourth-order valence-corrected chi connectivity index (χ4v) is 3.77. The van der Waals surface area contributed by atoms with Gasteiger partial charge in [0.25, 0.3) is 0 Å². The average molecular weight is 344 g/mol. The third-order valence-corrected chi connectivity index (χ3v) is 5.33. The molecule has 1 aromatic rings. The summed E-state index contributed by atoms with van der Waals surface area (Å²) in [4.78, 5) is 11.9. The largest absolute Gasteiger partial charge is 0.370 e. The predicted octanol–water partition coefficient (Wildman–Crippen LogP) is 2.31. The second kappa shape index (κ2) is 9.09. The summed E-state index contributed by atoms with van der Waals surface area (Å²) in [6.45, 7) is 10.8. The summed E-state index contributed by atoms with van der Waals surface area (Å²) in [6, 6.07) is 8.83. The van der Waals surface area contributed by atoms with Gasteiger partial charge in [0.15, 0.2) is 5.96 Å². The maximum atomic E-state index is 6.12. The number of piperazine rings is 1. The molecule has 0 bridgehead atoms. The van der Waals surface area contributed by atoms with E-state index in [9.17, 15) is 0 Å². The van der Waals surface area contributed by atoms with Gasteiger partial charge in [-0.1, -0.05) is 12.1 Å². The Morgan fingerprint density at radius 1 is 1.04 bits per heavy atom. The van der Waals surface area contributed by atoms with Crippen molar-refractivity contribution in [2.24, 2.45) is 10.7 Å². The van der Waals surface area contributed by atoms with Crippen LogP contribution in [0.2, 0.25) is 0 Å². The molecule has 0 amide bonds. The van der Waals surface area contributed by atoms with Gasteiger partial charge >= 0.3 is 0 Å². The molecule has 3 rings (SSSR count). The Bertz CT molecular complexity index is 557. The van der Waals surface area contributed by atoms with Crippen LogP contribution in [-0.4, -0.2) is 68.1 Å². The molecule has 0 unspecified atom stereocenters. The van der Waals surface area contributed by atoms with Crippen molar-refractivity contribution in [1.29, 1.82) is 0 Å². The normalized spacial score (nSPS) is 20.1. The molecule has 0 aromatic heterocycles. The number of nitrogens with two attached hydrogens (primary N) is 1. The molecule has 0 saturated carbocycles. The maximum absolute atomic E-state index is 6.12. The number of guanidine groups is 1. The van der Waals surface area contributed by atoms with Crippen LogP contribution in [-0.2, 0) is 0 Å². The molecule has 0 spiro atoms. The monoisotopic (exact) mass is 343 g/mol. The molecule has 2 aliphatic rings. The van der Waals surface area contributed by atoms with Gasteiger partial charge in [-0.2, -0.15) is 0 Å². The highest BCUT2D eigenvalue weighted by molar-refractivity contribution is 5.78. The highest BCUT2D eigenvalue weighted by atomic mass is 15.3. The van der Waals surface area contributed by atoms with Crippen LogP contribution in [0, 0.1) is 6.92 Å². The lowest BCUT2D eigenvalue weighted by Crippen LogP contribution is -2.46. The summed E-state index contributed by atoms with van der Waals surface area (Å²) in [5, 5.41) is 0. The van der Waals surface area contributed by atoms with Crippen LogP contribution >= 0.6 is 0 Å². The molecule has 2 saturated heterocycles. The summed E-state index contributed by atoms with van der Waals surface area (Å²) in [5.41, 5.74) is 8.81. The summed E-state index contributed by atoms with van der Waals surface area (Å²) in [7, 11) is 0. The number of likely N-dealkylation sites (tertiary alicyclic amines) is 1. The number of hydrogen-bond donors (Lipinski definition) is 1. The van der Waals surface area contributed by atoms with Gasteiger partial charge in [-0.25, -0.2) is 0 Å². The van der Waals surface area contributed by atoms with E-state index in [1.54, 1.807) is 0 Å². The Kier molecular flexibility index (Phi) is 6.56. The lowest BCUT2D eigenvalue weighted by molar-refractivity contribution is 0.256. The molecule has 0 aliphatic carbocycles. The Morgan fingerprint density at radius 2 is 1.80 bits per heavy atom. The van der Waals surface area contributed by atoms with E-state index in [0.717, 1.165) is 64.7 Å². The van der Waals surface area contributed by atoms with E-state index in [0.29, 0.717) is 0 Å². The van der Waals surface area contributed by atoms with Gasteiger partial charge in [-0.3, -0.25) is 9.89 Å². The van der Waals surface area contributed by atoms with Crippen molar-refractivity contribution in [3.63, 3.8) is 0 Å². The van der Waals surface area contributed by atoms with Gasteiger partial charge in [-0.05, 0) is 50.3 Å². The van der Waals surface area contributed by atoms with Crippen molar-refractivity contribution in [2.75, 3.05) is 57.3 Å². The van der Waals surface area contributed by atoms with Crippen LogP contribution in [0.25, 0.3) is 0 Å². The number of aliphatic imine (C=N–C) groups is 1. The van der Waals surface area contributed by atoms with Gasteiger partial charge in [0.05, 0.1) is 0 Å². The zero-order valence-electron chi connectivity index (χ0n) is 15.7. The predicted molar refractivity (Wildman–Crippen MR) is 106 cm³/mol. The van der Waals surface area contributed by atoms with Gasteiger partial charge < -0.3 is 15.5 Å². The first kappa shape index (κ1) is 18.1. The summed E-state index contributed by atoms with van der Waals surface area (Å²) < 4.78 is 0. The van der Waals surface area contributed by atoms with Crippen molar-refractivity contribution in [2.45, 2.75) is 32.6 Å². The number of benzene rings is 1. The summed E-state index contributed by atoms with van der Waals surface area (Å²) >= 11 is 0.